The van der Waals surface area contributed by atoms with Crippen molar-refractivity contribution in [3.05, 3.63) is 23.3 Å². The third-order valence-electron chi connectivity index (χ3n) is 1.35. The molecule has 64 valence electrons. The lowest BCUT2D eigenvalue weighted by molar-refractivity contribution is -0.113. The number of Topliss-reactive ketones (excluding diaryl/α,β-unsaturated/α-hetero) is 1. The maximum atomic E-state index is 11.2. The Balaban J connectivity index is 4.60. The van der Waals surface area contributed by atoms with E-state index in [1.54, 1.807) is 0 Å². The van der Waals surface area contributed by atoms with Crippen molar-refractivity contribution in [2.24, 2.45) is 0 Å². The van der Waals surface area contributed by atoms with Gasteiger partial charge in [-0.05, 0) is 37.1 Å². The molecule has 0 atom stereocenters. The van der Waals surface area contributed by atoms with Gasteiger partial charge in [0.1, 0.15) is 12.6 Å². The molecule has 0 saturated heterocycles. The maximum Gasteiger partial charge on any atom is 0.184 e. The van der Waals surface area contributed by atoms with Gasteiger partial charge < -0.3 is 0 Å². The normalized spacial score (nSPS) is 12.5. The topological polar surface area (TPSA) is 51.2 Å². The molecule has 0 unspecified atom stereocenters. The van der Waals surface area contributed by atoms with Crippen LogP contribution in [0, 0.1) is 0 Å². The number of hydrogen-bond donors (Lipinski definition) is 0. The Labute approximate surface area is 70.8 Å². The van der Waals surface area contributed by atoms with Crippen LogP contribution in [0.4, 0.5) is 0 Å². The molecule has 0 spiro atoms. The van der Waals surface area contributed by atoms with Crippen molar-refractivity contribution >= 4 is 18.4 Å². The van der Waals surface area contributed by atoms with Crippen LogP contribution >= 0.6 is 0 Å². The van der Waals surface area contributed by atoms with Gasteiger partial charge in [-0.25, -0.2) is 0 Å². The van der Waals surface area contributed by atoms with Gasteiger partial charge in [-0.1, -0.05) is 0 Å². The summed E-state index contributed by atoms with van der Waals surface area (Å²) in [6.07, 6.45) is 3.43. The van der Waals surface area contributed by atoms with Crippen LogP contribution in [-0.4, -0.2) is 18.4 Å². The number of carbonyl (C=O) groups excluding carboxylic acids is 3. The van der Waals surface area contributed by atoms with E-state index in [9.17, 15) is 14.4 Å². The van der Waals surface area contributed by atoms with E-state index in [-0.39, 0.29) is 5.78 Å². The highest BCUT2D eigenvalue weighted by Gasteiger charge is 2.05. The number of carbonyl (C=O) groups is 3. The standard InChI is InChI=1S/C9H10O3/c1-7(3-5-10)9(12)8(2)4-6-11/h3-6H,1-2H3. The lowest BCUT2D eigenvalue weighted by Gasteiger charge is -1.96. The molecule has 0 aliphatic rings. The Morgan fingerprint density at radius 1 is 0.917 bits per heavy atom. The zero-order chi connectivity index (χ0) is 9.56. The number of ketones is 1. The molecule has 0 aliphatic carbocycles. The molecule has 0 radical (unpaired) electrons. The first-order chi connectivity index (χ1) is 5.63. The van der Waals surface area contributed by atoms with Crippen LogP contribution in [0.1, 0.15) is 13.8 Å². The molecule has 0 aromatic rings. The smallest absolute Gasteiger partial charge is 0.184 e. The van der Waals surface area contributed by atoms with E-state index < -0.39 is 0 Å². The fourth-order valence-corrected chi connectivity index (χ4v) is 0.667. The Morgan fingerprint density at radius 2 is 1.25 bits per heavy atom. The zero-order valence-corrected chi connectivity index (χ0v) is 7.03. The van der Waals surface area contributed by atoms with Crippen LogP contribution in [0.15, 0.2) is 23.3 Å². The first kappa shape index (κ1) is 10.5. The highest BCUT2D eigenvalue weighted by atomic mass is 16.1. The second-order valence-corrected chi connectivity index (χ2v) is 2.30. The van der Waals surface area contributed by atoms with E-state index in [0.717, 1.165) is 0 Å². The van der Waals surface area contributed by atoms with Crippen LogP contribution in [0.25, 0.3) is 0 Å². The summed E-state index contributed by atoms with van der Waals surface area (Å²) in [5.74, 6) is -0.283. The van der Waals surface area contributed by atoms with E-state index in [0.29, 0.717) is 23.7 Å². The second kappa shape index (κ2) is 5.18. The molecule has 0 rings (SSSR count). The summed E-state index contributed by atoms with van der Waals surface area (Å²) in [5, 5.41) is 0. The van der Waals surface area contributed by atoms with Crippen LogP contribution < -0.4 is 0 Å². The van der Waals surface area contributed by atoms with Crippen molar-refractivity contribution in [2.75, 3.05) is 0 Å². The maximum absolute atomic E-state index is 11.2. The molecular weight excluding hydrogens is 156 g/mol. The predicted octanol–water partition coefficient (Wildman–Crippen LogP) is 0.846. The second-order valence-electron chi connectivity index (χ2n) is 2.30. The van der Waals surface area contributed by atoms with Crippen LogP contribution in [0.2, 0.25) is 0 Å². The van der Waals surface area contributed by atoms with Crippen molar-refractivity contribution in [1.82, 2.24) is 0 Å². The van der Waals surface area contributed by atoms with Gasteiger partial charge in [0.25, 0.3) is 0 Å². The molecule has 0 fully saturated rings. The highest BCUT2D eigenvalue weighted by Crippen LogP contribution is 2.02. The summed E-state index contributed by atoms with van der Waals surface area (Å²) < 4.78 is 0. The SMILES string of the molecule is CC(=CC=O)C(=O)C(C)=CC=O. The highest BCUT2D eigenvalue weighted by molar-refractivity contribution is 6.10. The lowest BCUT2D eigenvalue weighted by Crippen LogP contribution is -2.01. The van der Waals surface area contributed by atoms with Crippen molar-refractivity contribution in [3.8, 4) is 0 Å². The van der Waals surface area contributed by atoms with E-state index >= 15 is 0 Å². The average molecular weight is 166 g/mol. The average Bonchev–Trinajstić information content (AvgIpc) is 2.04. The summed E-state index contributed by atoms with van der Waals surface area (Å²) >= 11 is 0. The molecule has 0 aliphatic heterocycles. The Hall–Kier alpha value is -1.51. The minimum atomic E-state index is -0.283. The molecule has 0 bridgehead atoms. The summed E-state index contributed by atoms with van der Waals surface area (Å²) in [4.78, 5) is 31.1. The van der Waals surface area contributed by atoms with Gasteiger partial charge in [-0.3, -0.25) is 14.4 Å². The first-order valence-electron chi connectivity index (χ1n) is 3.42. The molecular formula is C9H10O3. The molecule has 0 amide bonds. The summed E-state index contributed by atoms with van der Waals surface area (Å²) in [5.41, 5.74) is 0.668. The monoisotopic (exact) mass is 166 g/mol. The molecule has 3 nitrogen and oxygen atoms in total. The summed E-state index contributed by atoms with van der Waals surface area (Å²) in [6, 6.07) is 0. The third kappa shape index (κ3) is 3.05. The fourth-order valence-electron chi connectivity index (χ4n) is 0.667. The minimum Gasteiger partial charge on any atom is -0.299 e. The Morgan fingerprint density at radius 3 is 1.50 bits per heavy atom. The Kier molecular flexibility index (Phi) is 4.53. The zero-order valence-electron chi connectivity index (χ0n) is 7.03. The fraction of sp³-hybridized carbons (Fsp3) is 0.222. The van der Waals surface area contributed by atoms with Gasteiger partial charge in [-0.2, -0.15) is 0 Å². The van der Waals surface area contributed by atoms with Crippen molar-refractivity contribution in [1.29, 1.82) is 0 Å². The van der Waals surface area contributed by atoms with Crippen LogP contribution in [0.5, 0.6) is 0 Å². The van der Waals surface area contributed by atoms with Crippen LogP contribution in [0.3, 0.4) is 0 Å². The number of allylic oxidation sites excluding steroid dienone is 4. The molecule has 0 aromatic heterocycles. The number of rotatable bonds is 4. The quantitative estimate of drug-likeness (QED) is 0.459. The number of hydrogen-bond acceptors (Lipinski definition) is 3. The predicted molar refractivity (Wildman–Crippen MR) is 44.6 cm³/mol. The van der Waals surface area contributed by atoms with Crippen molar-refractivity contribution < 1.29 is 14.4 Å². The van der Waals surface area contributed by atoms with Gasteiger partial charge in [0, 0.05) is 0 Å². The molecule has 0 heterocycles. The van der Waals surface area contributed by atoms with E-state index in [4.69, 9.17) is 0 Å². The third-order valence-corrected chi connectivity index (χ3v) is 1.35. The van der Waals surface area contributed by atoms with Crippen LogP contribution in [-0.2, 0) is 14.4 Å². The first-order valence-corrected chi connectivity index (χ1v) is 3.42. The Bertz CT molecular complexity index is 233. The summed E-state index contributed by atoms with van der Waals surface area (Å²) in [6.45, 7) is 3.05. The molecule has 3 heteroatoms. The van der Waals surface area contributed by atoms with Gasteiger partial charge in [0.05, 0.1) is 0 Å². The van der Waals surface area contributed by atoms with Crippen molar-refractivity contribution in [3.63, 3.8) is 0 Å². The molecule has 0 N–H and O–H groups in total. The van der Waals surface area contributed by atoms with E-state index in [2.05, 4.69) is 0 Å². The van der Waals surface area contributed by atoms with Gasteiger partial charge >= 0.3 is 0 Å². The molecule has 12 heavy (non-hydrogen) atoms. The van der Waals surface area contributed by atoms with E-state index in [1.165, 1.54) is 26.0 Å². The largest absolute Gasteiger partial charge is 0.299 e. The lowest BCUT2D eigenvalue weighted by atomic mass is 10.1. The van der Waals surface area contributed by atoms with Gasteiger partial charge in [0.2, 0.25) is 0 Å². The number of aldehydes is 2. The van der Waals surface area contributed by atoms with E-state index in [1.807, 2.05) is 0 Å². The molecule has 0 aromatic carbocycles. The van der Waals surface area contributed by atoms with Gasteiger partial charge in [-0.15, -0.1) is 0 Å². The van der Waals surface area contributed by atoms with Crippen molar-refractivity contribution in [2.45, 2.75) is 13.8 Å². The molecule has 0 saturated carbocycles. The minimum absolute atomic E-state index is 0.283. The van der Waals surface area contributed by atoms with Gasteiger partial charge in [0.15, 0.2) is 5.78 Å². The summed E-state index contributed by atoms with van der Waals surface area (Å²) in [7, 11) is 0.